The fraction of sp³-hybridized carbons (Fsp3) is 0.0588. The van der Waals surface area contributed by atoms with Gasteiger partial charge in [0, 0.05) is 16.5 Å². The van der Waals surface area contributed by atoms with Crippen molar-refractivity contribution >= 4 is 32.7 Å². The Hall–Kier alpha value is -2.40. The molecule has 3 aromatic rings. The molecule has 0 amide bonds. The normalized spacial score (nSPS) is 10.8. The zero-order chi connectivity index (χ0) is 15.7. The van der Waals surface area contributed by atoms with Crippen LogP contribution >= 0.6 is 15.9 Å². The molecular weight excluding hydrogens is 348 g/mol. The number of Topliss-reactive ketones (excluding diaryl/α,β-unsaturated/α-hetero) is 1. The standard InChI is InChI=1S/C17H11BrO4/c18-9-13(19)10-5-7-11(8-6-10)15-12-3-1-2-4-14(12)22-17(21)16(15)20/h1-8,20H,9H2. The van der Waals surface area contributed by atoms with Gasteiger partial charge < -0.3 is 9.52 Å². The van der Waals surface area contributed by atoms with Gasteiger partial charge in [0.25, 0.3) is 0 Å². The van der Waals surface area contributed by atoms with Crippen molar-refractivity contribution < 1.29 is 14.3 Å². The summed E-state index contributed by atoms with van der Waals surface area (Å²) in [7, 11) is 0. The first kappa shape index (κ1) is 14.5. The average molecular weight is 359 g/mol. The minimum Gasteiger partial charge on any atom is -0.501 e. The maximum absolute atomic E-state index is 11.8. The van der Waals surface area contributed by atoms with Crippen molar-refractivity contribution in [3.8, 4) is 16.9 Å². The molecule has 4 nitrogen and oxygen atoms in total. The molecule has 3 rings (SSSR count). The summed E-state index contributed by atoms with van der Waals surface area (Å²) in [5, 5.41) is 11.0. The predicted molar refractivity (Wildman–Crippen MR) is 87.7 cm³/mol. The van der Waals surface area contributed by atoms with Crippen LogP contribution in [0.1, 0.15) is 10.4 Å². The SMILES string of the molecule is O=C(CBr)c1ccc(-c2c(O)c(=O)oc3ccccc23)cc1. The summed E-state index contributed by atoms with van der Waals surface area (Å²) in [6.45, 7) is 0. The molecule has 0 radical (unpaired) electrons. The molecule has 0 aliphatic carbocycles. The second kappa shape index (κ2) is 5.77. The van der Waals surface area contributed by atoms with E-state index in [4.69, 9.17) is 4.42 Å². The zero-order valence-corrected chi connectivity index (χ0v) is 13.0. The summed E-state index contributed by atoms with van der Waals surface area (Å²) >= 11 is 3.13. The Labute approximate surface area is 134 Å². The van der Waals surface area contributed by atoms with Crippen LogP contribution in [-0.4, -0.2) is 16.2 Å². The van der Waals surface area contributed by atoms with Gasteiger partial charge in [-0.25, -0.2) is 4.79 Å². The Morgan fingerprint density at radius 3 is 2.45 bits per heavy atom. The van der Waals surface area contributed by atoms with Crippen molar-refractivity contribution in [2.75, 3.05) is 5.33 Å². The summed E-state index contributed by atoms with van der Waals surface area (Å²) in [5.41, 5.74) is 1.24. The summed E-state index contributed by atoms with van der Waals surface area (Å²) in [4.78, 5) is 23.4. The number of alkyl halides is 1. The number of para-hydroxylation sites is 1. The zero-order valence-electron chi connectivity index (χ0n) is 11.4. The van der Waals surface area contributed by atoms with Gasteiger partial charge in [-0.05, 0) is 11.6 Å². The summed E-state index contributed by atoms with van der Waals surface area (Å²) < 4.78 is 5.07. The average Bonchev–Trinajstić information content (AvgIpc) is 2.55. The minimum atomic E-state index is -0.783. The summed E-state index contributed by atoms with van der Waals surface area (Å²) in [6.07, 6.45) is 0. The number of hydrogen-bond acceptors (Lipinski definition) is 4. The van der Waals surface area contributed by atoms with E-state index >= 15 is 0 Å². The number of ketones is 1. The van der Waals surface area contributed by atoms with E-state index in [2.05, 4.69) is 15.9 Å². The lowest BCUT2D eigenvalue weighted by Crippen LogP contribution is -2.02. The largest absolute Gasteiger partial charge is 0.501 e. The van der Waals surface area contributed by atoms with Crippen LogP contribution in [0.4, 0.5) is 0 Å². The van der Waals surface area contributed by atoms with E-state index in [9.17, 15) is 14.7 Å². The first-order chi connectivity index (χ1) is 10.6. The highest BCUT2D eigenvalue weighted by atomic mass is 79.9. The van der Waals surface area contributed by atoms with E-state index < -0.39 is 11.4 Å². The molecule has 1 heterocycles. The predicted octanol–water partition coefficient (Wildman–Crippen LogP) is 3.74. The Bertz CT molecular complexity index is 910. The number of hydrogen-bond donors (Lipinski definition) is 1. The van der Waals surface area contributed by atoms with Crippen LogP contribution in [0, 0.1) is 0 Å². The van der Waals surface area contributed by atoms with Crippen LogP contribution in [0.3, 0.4) is 0 Å². The highest BCUT2D eigenvalue weighted by Crippen LogP contribution is 2.33. The van der Waals surface area contributed by atoms with Crippen LogP contribution in [0.2, 0.25) is 0 Å². The van der Waals surface area contributed by atoms with Crippen molar-refractivity contribution in [2.24, 2.45) is 0 Å². The quantitative estimate of drug-likeness (QED) is 0.440. The molecule has 0 bridgehead atoms. The molecular formula is C17H11BrO4. The van der Waals surface area contributed by atoms with Gasteiger partial charge in [0.05, 0.1) is 5.33 Å². The van der Waals surface area contributed by atoms with Crippen molar-refractivity contribution in [2.45, 2.75) is 0 Å². The lowest BCUT2D eigenvalue weighted by atomic mass is 9.99. The van der Waals surface area contributed by atoms with Gasteiger partial charge in [0.1, 0.15) is 5.58 Å². The number of halogens is 1. The van der Waals surface area contributed by atoms with Gasteiger partial charge in [-0.2, -0.15) is 0 Å². The molecule has 0 fully saturated rings. The lowest BCUT2D eigenvalue weighted by molar-refractivity contribution is 0.102. The lowest BCUT2D eigenvalue weighted by Gasteiger charge is -2.08. The van der Waals surface area contributed by atoms with Gasteiger partial charge in [-0.1, -0.05) is 58.4 Å². The highest BCUT2D eigenvalue weighted by molar-refractivity contribution is 9.09. The first-order valence-electron chi connectivity index (χ1n) is 6.56. The molecule has 0 unspecified atom stereocenters. The van der Waals surface area contributed by atoms with E-state index in [1.807, 2.05) is 0 Å². The molecule has 1 N–H and O–H groups in total. The smallest absolute Gasteiger partial charge is 0.379 e. The van der Waals surface area contributed by atoms with E-state index in [0.717, 1.165) is 0 Å². The number of rotatable bonds is 3. The highest BCUT2D eigenvalue weighted by Gasteiger charge is 2.15. The summed E-state index contributed by atoms with van der Waals surface area (Å²) in [6, 6.07) is 13.7. The van der Waals surface area contributed by atoms with Crippen LogP contribution in [0.15, 0.2) is 57.7 Å². The molecule has 0 atom stereocenters. The van der Waals surface area contributed by atoms with Gasteiger partial charge >= 0.3 is 5.63 Å². The van der Waals surface area contributed by atoms with E-state index in [1.54, 1.807) is 48.5 Å². The Morgan fingerprint density at radius 1 is 1.09 bits per heavy atom. The Balaban J connectivity index is 2.23. The summed E-state index contributed by atoms with van der Waals surface area (Å²) in [5.74, 6) is -0.466. The number of carbonyl (C=O) groups excluding carboxylic acids is 1. The maximum Gasteiger partial charge on any atom is 0.379 e. The van der Waals surface area contributed by atoms with Crippen molar-refractivity contribution in [1.82, 2.24) is 0 Å². The topological polar surface area (TPSA) is 67.5 Å². The molecule has 0 aliphatic rings. The fourth-order valence-corrected chi connectivity index (χ4v) is 2.66. The Morgan fingerprint density at radius 2 is 1.77 bits per heavy atom. The molecule has 1 aromatic heterocycles. The van der Waals surface area contributed by atoms with Crippen LogP contribution in [0.25, 0.3) is 22.1 Å². The van der Waals surface area contributed by atoms with Crippen molar-refractivity contribution in [3.05, 3.63) is 64.5 Å². The van der Waals surface area contributed by atoms with E-state index in [0.29, 0.717) is 27.7 Å². The molecule has 2 aromatic carbocycles. The molecule has 5 heteroatoms. The molecule has 22 heavy (non-hydrogen) atoms. The number of aromatic hydroxyl groups is 1. The van der Waals surface area contributed by atoms with Gasteiger partial charge in [0.15, 0.2) is 5.78 Å². The van der Waals surface area contributed by atoms with E-state index in [1.165, 1.54) is 0 Å². The van der Waals surface area contributed by atoms with Crippen LogP contribution in [0.5, 0.6) is 5.75 Å². The number of fused-ring (bicyclic) bond motifs is 1. The third-order valence-electron chi connectivity index (χ3n) is 3.41. The first-order valence-corrected chi connectivity index (χ1v) is 7.68. The molecule has 110 valence electrons. The third kappa shape index (κ3) is 2.44. The fourth-order valence-electron chi connectivity index (χ4n) is 2.33. The monoisotopic (exact) mass is 358 g/mol. The van der Waals surface area contributed by atoms with Crippen molar-refractivity contribution in [1.29, 1.82) is 0 Å². The maximum atomic E-state index is 11.8. The van der Waals surface area contributed by atoms with Gasteiger partial charge in [0.2, 0.25) is 5.75 Å². The molecule has 0 saturated carbocycles. The molecule has 0 aliphatic heterocycles. The third-order valence-corrected chi connectivity index (χ3v) is 3.92. The van der Waals surface area contributed by atoms with Gasteiger partial charge in [-0.15, -0.1) is 0 Å². The van der Waals surface area contributed by atoms with Crippen LogP contribution in [-0.2, 0) is 0 Å². The van der Waals surface area contributed by atoms with E-state index in [-0.39, 0.29) is 11.1 Å². The van der Waals surface area contributed by atoms with Gasteiger partial charge in [-0.3, -0.25) is 4.79 Å². The Kier molecular flexibility index (Phi) is 3.81. The van der Waals surface area contributed by atoms with Crippen LogP contribution < -0.4 is 5.63 Å². The molecule has 0 saturated heterocycles. The number of benzene rings is 2. The minimum absolute atomic E-state index is 0.0341. The molecule has 0 spiro atoms. The second-order valence-electron chi connectivity index (χ2n) is 4.74. The number of carbonyl (C=O) groups is 1. The second-order valence-corrected chi connectivity index (χ2v) is 5.30. The van der Waals surface area contributed by atoms with Crippen molar-refractivity contribution in [3.63, 3.8) is 0 Å².